The standard InChI is InChI=1S/C15H24N2O2/c1-3-10-17(12-7-11-16(2)15(18)19)13-14-8-5-4-6-9-14/h4-6,8-9H,3,7,10-13H2,1-2H3,(H,18,19). The summed E-state index contributed by atoms with van der Waals surface area (Å²) in [6.07, 6.45) is 1.13. The van der Waals surface area contributed by atoms with Crippen LogP contribution in [0.4, 0.5) is 4.79 Å². The first-order valence-corrected chi connectivity index (χ1v) is 6.83. The summed E-state index contributed by atoms with van der Waals surface area (Å²) in [5.41, 5.74) is 1.31. The third-order valence-electron chi connectivity index (χ3n) is 3.08. The molecule has 0 unspecified atom stereocenters. The molecule has 0 saturated heterocycles. The molecule has 4 heteroatoms. The van der Waals surface area contributed by atoms with Gasteiger partial charge < -0.3 is 10.0 Å². The number of carbonyl (C=O) groups is 1. The zero-order valence-electron chi connectivity index (χ0n) is 11.9. The van der Waals surface area contributed by atoms with Gasteiger partial charge in [0.25, 0.3) is 0 Å². The summed E-state index contributed by atoms with van der Waals surface area (Å²) < 4.78 is 0. The second kappa shape index (κ2) is 8.53. The molecule has 0 spiro atoms. The quantitative estimate of drug-likeness (QED) is 0.785. The molecule has 1 N–H and O–H groups in total. The molecule has 0 aliphatic carbocycles. The lowest BCUT2D eigenvalue weighted by atomic mass is 10.2. The molecule has 0 aromatic heterocycles. The summed E-state index contributed by atoms with van der Waals surface area (Å²) in [5, 5.41) is 8.80. The normalized spacial score (nSPS) is 10.7. The van der Waals surface area contributed by atoms with Crippen molar-refractivity contribution in [1.29, 1.82) is 0 Å². The largest absolute Gasteiger partial charge is 0.465 e. The van der Waals surface area contributed by atoms with E-state index in [-0.39, 0.29) is 0 Å². The Bertz CT molecular complexity index is 368. The number of rotatable bonds is 8. The van der Waals surface area contributed by atoms with E-state index in [2.05, 4.69) is 36.1 Å². The number of nitrogens with zero attached hydrogens (tertiary/aromatic N) is 2. The average molecular weight is 264 g/mol. The topological polar surface area (TPSA) is 43.8 Å². The van der Waals surface area contributed by atoms with Crippen molar-refractivity contribution >= 4 is 6.09 Å². The van der Waals surface area contributed by atoms with Gasteiger partial charge in [-0.1, -0.05) is 37.3 Å². The molecule has 0 fully saturated rings. The fraction of sp³-hybridized carbons (Fsp3) is 0.533. The van der Waals surface area contributed by atoms with Crippen molar-refractivity contribution in [2.45, 2.75) is 26.3 Å². The van der Waals surface area contributed by atoms with Gasteiger partial charge in [-0.15, -0.1) is 0 Å². The number of hydrogen-bond acceptors (Lipinski definition) is 2. The predicted octanol–water partition coefficient (Wildman–Crippen LogP) is 2.90. The first kappa shape index (κ1) is 15.5. The van der Waals surface area contributed by atoms with Crippen LogP contribution in [-0.4, -0.2) is 47.7 Å². The summed E-state index contributed by atoms with van der Waals surface area (Å²) in [5.74, 6) is 0. The Hall–Kier alpha value is -1.55. The molecule has 1 aromatic rings. The Morgan fingerprint density at radius 1 is 1.16 bits per heavy atom. The Balaban J connectivity index is 2.38. The van der Waals surface area contributed by atoms with Crippen molar-refractivity contribution in [1.82, 2.24) is 9.80 Å². The van der Waals surface area contributed by atoms with Crippen molar-refractivity contribution in [3.8, 4) is 0 Å². The smallest absolute Gasteiger partial charge is 0.407 e. The van der Waals surface area contributed by atoms with Crippen molar-refractivity contribution in [3.63, 3.8) is 0 Å². The van der Waals surface area contributed by atoms with Crippen molar-refractivity contribution in [2.75, 3.05) is 26.7 Å². The maximum absolute atomic E-state index is 10.7. The second-order valence-electron chi connectivity index (χ2n) is 4.82. The van der Waals surface area contributed by atoms with Crippen LogP contribution in [-0.2, 0) is 6.54 Å². The van der Waals surface area contributed by atoms with Crippen LogP contribution in [0.5, 0.6) is 0 Å². The summed E-state index contributed by atoms with van der Waals surface area (Å²) in [4.78, 5) is 14.4. The van der Waals surface area contributed by atoms with Gasteiger partial charge in [0, 0.05) is 26.7 Å². The molecule has 0 saturated carbocycles. The first-order chi connectivity index (χ1) is 9.13. The van der Waals surface area contributed by atoms with Crippen LogP contribution < -0.4 is 0 Å². The molecule has 19 heavy (non-hydrogen) atoms. The molecule has 0 aliphatic rings. The van der Waals surface area contributed by atoms with Gasteiger partial charge in [0.15, 0.2) is 0 Å². The van der Waals surface area contributed by atoms with Crippen molar-refractivity contribution < 1.29 is 9.90 Å². The Kier molecular flexibility index (Phi) is 6.97. The first-order valence-electron chi connectivity index (χ1n) is 6.83. The summed E-state index contributed by atoms with van der Waals surface area (Å²) in [6.45, 7) is 5.67. The maximum atomic E-state index is 10.7. The molecule has 1 aromatic carbocycles. The molecule has 1 rings (SSSR count). The molecular weight excluding hydrogens is 240 g/mol. The van der Waals surface area contributed by atoms with E-state index in [1.54, 1.807) is 7.05 Å². The highest BCUT2D eigenvalue weighted by atomic mass is 16.4. The highest BCUT2D eigenvalue weighted by Gasteiger charge is 2.08. The van der Waals surface area contributed by atoms with Crippen LogP contribution in [0.1, 0.15) is 25.3 Å². The van der Waals surface area contributed by atoms with Crippen LogP contribution in [0.3, 0.4) is 0 Å². The Labute approximate surface area is 115 Å². The molecule has 4 nitrogen and oxygen atoms in total. The molecular formula is C15H24N2O2. The maximum Gasteiger partial charge on any atom is 0.407 e. The van der Waals surface area contributed by atoms with E-state index in [0.29, 0.717) is 6.54 Å². The molecule has 0 atom stereocenters. The average Bonchev–Trinajstić information content (AvgIpc) is 2.39. The lowest BCUT2D eigenvalue weighted by Gasteiger charge is -2.23. The lowest BCUT2D eigenvalue weighted by molar-refractivity contribution is 0.152. The van der Waals surface area contributed by atoms with E-state index in [0.717, 1.165) is 32.5 Å². The fourth-order valence-electron chi connectivity index (χ4n) is 2.05. The number of benzene rings is 1. The number of hydrogen-bond donors (Lipinski definition) is 1. The van der Waals surface area contributed by atoms with Gasteiger partial charge in [0.05, 0.1) is 0 Å². The van der Waals surface area contributed by atoms with Crippen LogP contribution in [0, 0.1) is 0 Å². The Morgan fingerprint density at radius 2 is 1.84 bits per heavy atom. The minimum Gasteiger partial charge on any atom is -0.465 e. The second-order valence-corrected chi connectivity index (χ2v) is 4.82. The third kappa shape index (κ3) is 6.25. The van der Waals surface area contributed by atoms with Gasteiger partial charge in [0.2, 0.25) is 0 Å². The van der Waals surface area contributed by atoms with E-state index >= 15 is 0 Å². The molecule has 106 valence electrons. The summed E-state index contributed by atoms with van der Waals surface area (Å²) in [7, 11) is 1.61. The highest BCUT2D eigenvalue weighted by molar-refractivity contribution is 5.64. The SMILES string of the molecule is CCCN(CCCN(C)C(=O)O)Cc1ccccc1. The zero-order valence-corrected chi connectivity index (χ0v) is 11.9. The van der Waals surface area contributed by atoms with Crippen molar-refractivity contribution in [2.24, 2.45) is 0 Å². The summed E-state index contributed by atoms with van der Waals surface area (Å²) >= 11 is 0. The van der Waals surface area contributed by atoms with E-state index in [1.165, 1.54) is 10.5 Å². The molecule has 0 heterocycles. The molecule has 1 amide bonds. The van der Waals surface area contributed by atoms with Crippen LogP contribution in [0.25, 0.3) is 0 Å². The highest BCUT2D eigenvalue weighted by Crippen LogP contribution is 2.06. The summed E-state index contributed by atoms with van der Waals surface area (Å²) in [6, 6.07) is 10.4. The van der Waals surface area contributed by atoms with E-state index in [9.17, 15) is 4.79 Å². The number of amides is 1. The predicted molar refractivity (Wildman–Crippen MR) is 77.3 cm³/mol. The van der Waals surface area contributed by atoms with Crippen molar-refractivity contribution in [3.05, 3.63) is 35.9 Å². The Morgan fingerprint density at radius 3 is 2.42 bits per heavy atom. The monoisotopic (exact) mass is 264 g/mol. The van der Waals surface area contributed by atoms with E-state index in [1.807, 2.05) is 6.07 Å². The van der Waals surface area contributed by atoms with Gasteiger partial charge in [-0.3, -0.25) is 4.90 Å². The van der Waals surface area contributed by atoms with Crippen LogP contribution in [0.2, 0.25) is 0 Å². The molecule has 0 bridgehead atoms. The number of carboxylic acid groups (broad SMARTS) is 1. The van der Waals surface area contributed by atoms with E-state index < -0.39 is 6.09 Å². The third-order valence-corrected chi connectivity index (χ3v) is 3.08. The molecule has 0 aliphatic heterocycles. The van der Waals surface area contributed by atoms with Gasteiger partial charge in [-0.05, 0) is 24.9 Å². The van der Waals surface area contributed by atoms with Gasteiger partial charge >= 0.3 is 6.09 Å². The fourth-order valence-corrected chi connectivity index (χ4v) is 2.05. The van der Waals surface area contributed by atoms with Gasteiger partial charge in [-0.2, -0.15) is 0 Å². The lowest BCUT2D eigenvalue weighted by Crippen LogP contribution is -2.31. The van der Waals surface area contributed by atoms with Gasteiger partial charge in [-0.25, -0.2) is 4.79 Å². The van der Waals surface area contributed by atoms with Crippen LogP contribution in [0.15, 0.2) is 30.3 Å². The molecule has 0 radical (unpaired) electrons. The van der Waals surface area contributed by atoms with Gasteiger partial charge in [0.1, 0.15) is 0 Å². The minimum atomic E-state index is -0.856. The zero-order chi connectivity index (χ0) is 14.1. The minimum absolute atomic E-state index is 0.588. The van der Waals surface area contributed by atoms with E-state index in [4.69, 9.17) is 5.11 Å². The van der Waals surface area contributed by atoms with Crippen LogP contribution >= 0.6 is 0 Å².